The zero-order chi connectivity index (χ0) is 49.0. The summed E-state index contributed by atoms with van der Waals surface area (Å²) in [6.07, 6.45) is -0.312. The van der Waals surface area contributed by atoms with Gasteiger partial charge in [-0.05, 0) is 117 Å². The van der Waals surface area contributed by atoms with Crippen molar-refractivity contribution in [3.05, 3.63) is 85.9 Å². The molecule has 7 rings (SSSR count). The summed E-state index contributed by atoms with van der Waals surface area (Å²) in [6.45, 7) is 17.0. The van der Waals surface area contributed by atoms with Crippen LogP contribution in [0.5, 0.6) is 5.75 Å². The van der Waals surface area contributed by atoms with Crippen LogP contribution in [0.4, 0.5) is 18.9 Å². The fourth-order valence-electron chi connectivity index (χ4n) is 9.38. The van der Waals surface area contributed by atoms with E-state index in [1.165, 1.54) is 17.0 Å². The molecule has 1 aromatic heterocycles. The minimum Gasteiger partial charge on any atom is -0.496 e. The number of carbonyl (C=O) groups excluding carboxylic acids is 3. The number of methoxy groups -OCH3 is 1. The number of nitrogens with zero attached hydrogens (tertiary/aromatic N) is 2. The number of rotatable bonds is 15. The van der Waals surface area contributed by atoms with Crippen LogP contribution < -0.4 is 20.1 Å². The van der Waals surface area contributed by atoms with Gasteiger partial charge < -0.3 is 25.0 Å². The van der Waals surface area contributed by atoms with Crippen LogP contribution in [0, 0.1) is 18.3 Å². The smallest absolute Gasteiger partial charge is 0.416 e. The van der Waals surface area contributed by atoms with E-state index in [1.54, 1.807) is 46.1 Å². The van der Waals surface area contributed by atoms with Crippen molar-refractivity contribution in [1.29, 1.82) is 0 Å². The van der Waals surface area contributed by atoms with Crippen LogP contribution in [0.25, 0.3) is 11.3 Å². The maximum atomic E-state index is 15.2. The number of aryl methyl sites for hydroxylation is 1. The molecule has 3 aliphatic carbocycles. The summed E-state index contributed by atoms with van der Waals surface area (Å²) in [5.41, 5.74) is 2.73. The van der Waals surface area contributed by atoms with Crippen molar-refractivity contribution in [2.24, 2.45) is 11.3 Å². The number of hydrogen-bond donors (Lipinski definition) is 3. The lowest BCUT2D eigenvalue weighted by Crippen LogP contribution is -2.58. The highest BCUT2D eigenvalue weighted by atomic mass is 32.2. The third kappa shape index (κ3) is 10.4. The topological polar surface area (TPSA) is 156 Å². The van der Waals surface area contributed by atoms with Crippen LogP contribution in [-0.4, -0.2) is 78.7 Å². The summed E-state index contributed by atoms with van der Waals surface area (Å²) < 4.78 is 83.8. The van der Waals surface area contributed by atoms with Crippen LogP contribution in [-0.2, 0) is 48.2 Å². The summed E-state index contributed by atoms with van der Waals surface area (Å²) in [5, 5.41) is 8.24. The minimum atomic E-state index is -4.63. The summed E-state index contributed by atoms with van der Waals surface area (Å²) in [4.78, 5) is 50.3. The van der Waals surface area contributed by atoms with Gasteiger partial charge in [-0.1, -0.05) is 66.5 Å². The van der Waals surface area contributed by atoms with Crippen molar-refractivity contribution in [3.63, 3.8) is 0 Å². The van der Waals surface area contributed by atoms with E-state index in [-0.39, 0.29) is 48.9 Å². The second kappa shape index (κ2) is 18.9. The third-order valence-corrected chi connectivity index (χ3v) is 16.5. The second-order valence-electron chi connectivity index (χ2n) is 19.9. The van der Waals surface area contributed by atoms with E-state index in [9.17, 15) is 31.2 Å². The number of allylic oxidation sites excluding steroid dienone is 3. The van der Waals surface area contributed by atoms with Crippen LogP contribution >= 0.6 is 11.3 Å². The van der Waals surface area contributed by atoms with Crippen LogP contribution in [0.15, 0.2) is 47.4 Å². The number of thiazole rings is 1. The number of sulfonamides is 1. The SMILES string of the molecule is CCc1ccc(NC(C(=O)N2CC(OC3=CC(c4nc(C(C)C)cs4)=C(C)CCc4c3ccc(OC)c4C)CC2C(=O)NC2(C(=O)NS(=O)(=O)C3CC3)CC2CC)C(C)(C)C)cc1C(F)(F)F. The van der Waals surface area contributed by atoms with Gasteiger partial charge in [0.1, 0.15) is 40.2 Å². The van der Waals surface area contributed by atoms with Crippen LogP contribution in [0.3, 0.4) is 0 Å². The monoisotopic (exact) mass is 967 g/mol. The highest BCUT2D eigenvalue weighted by molar-refractivity contribution is 7.91. The van der Waals surface area contributed by atoms with E-state index in [0.717, 1.165) is 56.8 Å². The number of hydrogen-bond acceptors (Lipinski definition) is 10. The number of aromatic nitrogens is 1. The van der Waals surface area contributed by atoms with Crippen molar-refractivity contribution >= 4 is 56.1 Å². The highest BCUT2D eigenvalue weighted by Gasteiger charge is 2.62. The number of fused-ring (bicyclic) bond motifs is 1. The lowest BCUT2D eigenvalue weighted by molar-refractivity contribution is -0.141. The van der Waals surface area contributed by atoms with Crippen molar-refractivity contribution in [2.45, 2.75) is 155 Å². The zero-order valence-corrected chi connectivity index (χ0v) is 41.7. The number of carbonyl (C=O) groups is 3. The molecular formula is C50H64F3N5O7S2. The Kier molecular flexibility index (Phi) is 14.1. The predicted molar refractivity (Wildman–Crippen MR) is 255 cm³/mol. The molecule has 3 amide bonds. The third-order valence-electron chi connectivity index (χ3n) is 13.8. The molecule has 12 nitrogen and oxygen atoms in total. The number of benzene rings is 2. The molecule has 364 valence electrons. The van der Waals surface area contributed by atoms with Gasteiger partial charge in [-0.15, -0.1) is 11.3 Å². The molecule has 5 unspecified atom stereocenters. The van der Waals surface area contributed by atoms with Gasteiger partial charge in [-0.3, -0.25) is 19.1 Å². The first-order valence-electron chi connectivity index (χ1n) is 23.3. The maximum Gasteiger partial charge on any atom is 0.416 e. The molecule has 0 bridgehead atoms. The molecule has 2 aromatic carbocycles. The van der Waals surface area contributed by atoms with Gasteiger partial charge in [0.05, 0.1) is 30.2 Å². The van der Waals surface area contributed by atoms with Gasteiger partial charge in [-0.25, -0.2) is 13.4 Å². The first kappa shape index (κ1) is 50.0. The Morgan fingerprint density at radius 1 is 1.04 bits per heavy atom. The molecule has 3 fully saturated rings. The fraction of sp³-hybridized carbons (Fsp3) is 0.560. The highest BCUT2D eigenvalue weighted by Crippen LogP contribution is 2.47. The molecule has 3 N–H and O–H groups in total. The standard InChI is InChI=1S/C50H64F3N5O7S2/c1-11-30-14-15-32(21-38(30)50(51,52)53)54-43(48(7,8)9)46(60)58-25-33(22-40(58)44(59)56-49(24-31(49)12-2)47(61)57-67(62,63)34-16-17-34)65-42-23-37(45-55-39(26-66-45)27(3)4)28(5)13-18-35-29(6)41(64-10)20-19-36(35)42/h14-15,19-21,23,26-27,31,33-34,40,43,54H,11-13,16-18,22,24-25H2,1-10H3,(H,56,59)(H,57,61). The normalized spacial score (nSPS) is 22.6. The number of amides is 3. The molecule has 17 heteroatoms. The molecule has 0 spiro atoms. The number of anilines is 1. The van der Waals surface area contributed by atoms with E-state index in [1.807, 2.05) is 32.1 Å². The zero-order valence-electron chi connectivity index (χ0n) is 40.1. The molecule has 67 heavy (non-hydrogen) atoms. The van der Waals surface area contributed by atoms with E-state index >= 15 is 4.79 Å². The van der Waals surface area contributed by atoms with Gasteiger partial charge >= 0.3 is 6.18 Å². The van der Waals surface area contributed by atoms with Crippen LogP contribution in [0.1, 0.15) is 138 Å². The van der Waals surface area contributed by atoms with E-state index in [0.29, 0.717) is 31.4 Å². The molecule has 2 saturated carbocycles. The Morgan fingerprint density at radius 2 is 1.76 bits per heavy atom. The Balaban J connectivity index is 1.28. The number of halogens is 3. The lowest BCUT2D eigenvalue weighted by Gasteiger charge is -2.36. The Hall–Kier alpha value is -4.90. The van der Waals surface area contributed by atoms with Crippen molar-refractivity contribution in [3.8, 4) is 5.75 Å². The second-order valence-corrected chi connectivity index (χ2v) is 22.8. The Bertz CT molecular complexity index is 2590. The average molecular weight is 968 g/mol. The van der Waals surface area contributed by atoms with Gasteiger partial charge in [0.15, 0.2) is 0 Å². The number of alkyl halides is 3. The molecule has 5 atom stereocenters. The summed E-state index contributed by atoms with van der Waals surface area (Å²) in [7, 11) is -2.32. The van der Waals surface area contributed by atoms with Crippen LogP contribution in [0.2, 0.25) is 0 Å². The Labute approximate surface area is 396 Å². The first-order valence-corrected chi connectivity index (χ1v) is 25.7. The number of ether oxygens (including phenoxy) is 2. The van der Waals surface area contributed by atoms with Gasteiger partial charge in [0.2, 0.25) is 21.8 Å². The molecule has 3 aromatic rings. The first-order chi connectivity index (χ1) is 31.4. The van der Waals surface area contributed by atoms with Gasteiger partial charge in [-0.2, -0.15) is 13.2 Å². The Morgan fingerprint density at radius 3 is 2.34 bits per heavy atom. The molecular weight excluding hydrogens is 904 g/mol. The summed E-state index contributed by atoms with van der Waals surface area (Å²) in [5.74, 6) is -0.951. The van der Waals surface area contributed by atoms with E-state index < -0.39 is 73.9 Å². The molecule has 2 heterocycles. The summed E-state index contributed by atoms with van der Waals surface area (Å²) in [6, 6.07) is 5.42. The largest absolute Gasteiger partial charge is 0.496 e. The molecule has 0 radical (unpaired) electrons. The summed E-state index contributed by atoms with van der Waals surface area (Å²) >= 11 is 1.55. The maximum absolute atomic E-state index is 15.2. The number of nitrogens with one attached hydrogen (secondary N) is 3. The van der Waals surface area contributed by atoms with Crippen molar-refractivity contribution < 1.29 is 45.4 Å². The van der Waals surface area contributed by atoms with E-state index in [2.05, 4.69) is 41.5 Å². The fourth-order valence-corrected chi connectivity index (χ4v) is 11.8. The molecule has 4 aliphatic rings. The minimum absolute atomic E-state index is 0.0126. The molecule has 1 saturated heterocycles. The lowest BCUT2D eigenvalue weighted by atomic mass is 9.85. The molecule has 1 aliphatic heterocycles. The van der Waals surface area contributed by atoms with E-state index in [4.69, 9.17) is 14.5 Å². The van der Waals surface area contributed by atoms with Crippen molar-refractivity contribution in [1.82, 2.24) is 19.9 Å². The number of likely N-dealkylation sites (tertiary alicyclic amines) is 1. The predicted octanol–water partition coefficient (Wildman–Crippen LogP) is 9.33. The quantitative estimate of drug-likeness (QED) is 0.135. The van der Waals surface area contributed by atoms with Gasteiger partial charge in [0, 0.05) is 28.6 Å². The van der Waals surface area contributed by atoms with Crippen molar-refractivity contribution in [2.75, 3.05) is 19.0 Å². The van der Waals surface area contributed by atoms with Gasteiger partial charge in [0.25, 0.3) is 5.91 Å². The average Bonchev–Trinajstić information content (AvgIpc) is 4.14.